The van der Waals surface area contributed by atoms with Gasteiger partial charge in [-0.15, -0.1) is 0 Å². The van der Waals surface area contributed by atoms with Crippen molar-refractivity contribution in [3.05, 3.63) is 129 Å². The average molecular weight is 651 g/mol. The van der Waals surface area contributed by atoms with E-state index in [0.717, 1.165) is 55.8 Å². The zero-order valence-electron chi connectivity index (χ0n) is 20.9. The van der Waals surface area contributed by atoms with Crippen molar-refractivity contribution in [3.8, 4) is 0 Å². The van der Waals surface area contributed by atoms with E-state index in [1.165, 1.54) is 5.71 Å². The summed E-state index contributed by atoms with van der Waals surface area (Å²) < 4.78 is 49.7. The van der Waals surface area contributed by atoms with Gasteiger partial charge in [0.25, 0.3) is 0 Å². The zero-order chi connectivity index (χ0) is 27.7. The van der Waals surface area contributed by atoms with Gasteiger partial charge in [0.15, 0.2) is 5.71 Å². The fourth-order valence-corrected chi connectivity index (χ4v) is 4.26. The largest absolute Gasteiger partial charge is 0.673 e. The van der Waals surface area contributed by atoms with E-state index in [9.17, 15) is 17.3 Å². The Kier molecular flexibility index (Phi) is 10.7. The van der Waals surface area contributed by atoms with Crippen LogP contribution in [0.1, 0.15) is 25.0 Å². The van der Waals surface area contributed by atoms with Gasteiger partial charge >= 0.3 is 7.25 Å². The molecule has 0 fully saturated rings. The highest BCUT2D eigenvalue weighted by molar-refractivity contribution is 9.10. The van der Waals surface area contributed by atoms with Crippen LogP contribution in [0.3, 0.4) is 0 Å². The van der Waals surface area contributed by atoms with Crippen LogP contribution >= 0.6 is 31.9 Å². The summed E-state index contributed by atoms with van der Waals surface area (Å²) in [5.41, 5.74) is 5.68. The fourth-order valence-electron chi connectivity index (χ4n) is 3.73. The Hall–Kier alpha value is -2.91. The van der Waals surface area contributed by atoms with Gasteiger partial charge in [0.1, 0.15) is 24.6 Å². The number of ether oxygens (including phenoxy) is 1. The predicted octanol–water partition coefficient (Wildman–Crippen LogP) is 9.40. The second-order valence-corrected chi connectivity index (χ2v) is 10.0. The molecule has 1 aliphatic carbocycles. The molecule has 2 aliphatic rings. The van der Waals surface area contributed by atoms with Crippen molar-refractivity contribution in [1.82, 2.24) is 0 Å². The van der Waals surface area contributed by atoms with Crippen molar-refractivity contribution in [2.75, 3.05) is 13.1 Å². The van der Waals surface area contributed by atoms with Gasteiger partial charge in [-0.05, 0) is 85.2 Å². The van der Waals surface area contributed by atoms with E-state index >= 15 is 0 Å². The molecule has 9 heteroatoms. The molecule has 38 heavy (non-hydrogen) atoms. The summed E-state index contributed by atoms with van der Waals surface area (Å²) in [5.74, 6) is 1.64. The van der Waals surface area contributed by atoms with Crippen LogP contribution in [0.5, 0.6) is 0 Å². The number of nitrogens with zero attached hydrogens (tertiary/aromatic N) is 1. The third kappa shape index (κ3) is 9.44. The molecule has 198 valence electrons. The molecule has 0 N–H and O–H groups in total. The molecule has 2 aromatic rings. The normalized spacial score (nSPS) is 15.8. The van der Waals surface area contributed by atoms with E-state index in [1.54, 1.807) is 0 Å². The molecule has 2 aromatic carbocycles. The van der Waals surface area contributed by atoms with Crippen molar-refractivity contribution in [2.45, 2.75) is 13.8 Å². The first-order valence-electron chi connectivity index (χ1n) is 12.0. The molecule has 0 radical (unpaired) electrons. The zero-order valence-corrected chi connectivity index (χ0v) is 24.0. The van der Waals surface area contributed by atoms with E-state index < -0.39 is 7.25 Å². The summed E-state index contributed by atoms with van der Waals surface area (Å²) in [6, 6.07) is 16.5. The summed E-state index contributed by atoms with van der Waals surface area (Å²) in [5, 5.41) is 0. The first kappa shape index (κ1) is 29.6. The molecular formula is C29H26BBr2F4NO. The molecule has 0 saturated carbocycles. The third-order valence-corrected chi connectivity index (χ3v) is 6.64. The molecule has 0 aromatic heterocycles. The van der Waals surface area contributed by atoms with Gasteiger partial charge in [-0.25, -0.2) is 4.58 Å². The smallest absolute Gasteiger partial charge is 0.457 e. The quantitative estimate of drug-likeness (QED) is 0.178. The Morgan fingerprint density at radius 2 is 1.24 bits per heavy atom. The lowest BCUT2D eigenvalue weighted by Gasteiger charge is -2.18. The number of allylic oxidation sites excluding steroid dienone is 10. The number of benzene rings is 2. The first-order chi connectivity index (χ1) is 18.1. The van der Waals surface area contributed by atoms with Crippen LogP contribution in [0.15, 0.2) is 117 Å². The second-order valence-electron chi connectivity index (χ2n) is 8.22. The monoisotopic (exact) mass is 649 g/mol. The Morgan fingerprint density at radius 1 is 0.737 bits per heavy atom. The van der Waals surface area contributed by atoms with Gasteiger partial charge in [-0.1, -0.05) is 62.2 Å². The van der Waals surface area contributed by atoms with Crippen LogP contribution in [0, 0.1) is 0 Å². The fraction of sp³-hybridized carbons (Fsp3) is 0.138. The first-order valence-corrected chi connectivity index (χ1v) is 13.5. The molecule has 4 rings (SSSR count). The summed E-state index contributed by atoms with van der Waals surface area (Å²) >= 11 is 7.04. The highest BCUT2D eigenvalue weighted by Crippen LogP contribution is 2.33. The van der Waals surface area contributed by atoms with Crippen LogP contribution < -0.4 is 0 Å². The van der Waals surface area contributed by atoms with Gasteiger partial charge in [0.05, 0.1) is 0 Å². The minimum atomic E-state index is -6.00. The van der Waals surface area contributed by atoms with Gasteiger partial charge < -0.3 is 22.0 Å². The summed E-state index contributed by atoms with van der Waals surface area (Å²) in [6.45, 7) is 6.37. The minimum Gasteiger partial charge on any atom is -0.457 e. The van der Waals surface area contributed by atoms with E-state index in [0.29, 0.717) is 0 Å². The topological polar surface area (TPSA) is 12.2 Å². The van der Waals surface area contributed by atoms with Gasteiger partial charge in [0, 0.05) is 26.7 Å². The number of hydrogen-bond donors (Lipinski definition) is 0. The molecule has 2 nitrogen and oxygen atoms in total. The van der Waals surface area contributed by atoms with Crippen LogP contribution in [0.2, 0.25) is 0 Å². The van der Waals surface area contributed by atoms with Crippen molar-refractivity contribution in [1.29, 1.82) is 0 Å². The summed E-state index contributed by atoms with van der Waals surface area (Å²) in [4.78, 5) is 0. The van der Waals surface area contributed by atoms with E-state index in [-0.39, 0.29) is 0 Å². The van der Waals surface area contributed by atoms with Crippen LogP contribution in [-0.4, -0.2) is 30.6 Å². The molecule has 1 aliphatic heterocycles. The van der Waals surface area contributed by atoms with Gasteiger partial charge in [-0.3, -0.25) is 0 Å². The SMILES string of the molecule is CC[N+](CC)=C1C=CC(=CC=C2C=C(c3ccc(Br)cc3)C=C(c3ccc(Br)cc3)O2)C=C1.F[B-](F)(F)F. The molecular weight excluding hydrogens is 625 g/mol. The third-order valence-electron chi connectivity index (χ3n) is 5.58. The maximum absolute atomic E-state index is 9.75. The van der Waals surface area contributed by atoms with Crippen molar-refractivity contribution in [2.24, 2.45) is 0 Å². The van der Waals surface area contributed by atoms with E-state index in [2.05, 4.69) is 129 Å². The van der Waals surface area contributed by atoms with Gasteiger partial charge in [0.2, 0.25) is 0 Å². The van der Waals surface area contributed by atoms with Gasteiger partial charge in [-0.2, -0.15) is 0 Å². The Balaban J connectivity index is 0.000000732. The number of rotatable bonds is 5. The van der Waals surface area contributed by atoms with E-state index in [4.69, 9.17) is 4.74 Å². The molecule has 0 unspecified atom stereocenters. The van der Waals surface area contributed by atoms with Crippen LogP contribution in [-0.2, 0) is 4.74 Å². The summed E-state index contributed by atoms with van der Waals surface area (Å²) in [7, 11) is -6.00. The molecule has 0 amide bonds. The highest BCUT2D eigenvalue weighted by atomic mass is 79.9. The lowest BCUT2D eigenvalue weighted by molar-refractivity contribution is -0.519. The van der Waals surface area contributed by atoms with Crippen LogP contribution in [0.4, 0.5) is 17.3 Å². The molecule has 0 atom stereocenters. The second kappa shape index (κ2) is 13.8. The molecule has 1 heterocycles. The summed E-state index contributed by atoms with van der Waals surface area (Å²) in [6.07, 6.45) is 17.0. The standard InChI is InChI=1S/C29H26Br2NO.BF4/c1-3-32(4-2)27-16-5-21(6-17-27)7-18-28-19-24(22-8-12-25(30)13-9-22)20-29(33-28)23-10-14-26(31)15-11-23;2-1(3,4)5/h5-20H,3-4H2,1-2H3;/q+1;-1. The Labute approximate surface area is 237 Å². The predicted molar refractivity (Wildman–Crippen MR) is 156 cm³/mol. The van der Waals surface area contributed by atoms with Crippen molar-refractivity contribution < 1.29 is 26.6 Å². The molecule has 0 bridgehead atoms. The maximum atomic E-state index is 9.75. The lowest BCUT2D eigenvalue weighted by atomic mass is 10.0. The van der Waals surface area contributed by atoms with E-state index in [1.807, 2.05) is 18.2 Å². The van der Waals surface area contributed by atoms with Crippen LogP contribution in [0.25, 0.3) is 11.3 Å². The minimum absolute atomic E-state index is 0.807. The molecule has 0 saturated heterocycles. The average Bonchev–Trinajstić information content (AvgIpc) is 2.89. The Bertz CT molecular complexity index is 1320. The Morgan fingerprint density at radius 3 is 1.74 bits per heavy atom. The maximum Gasteiger partial charge on any atom is 0.673 e. The lowest BCUT2D eigenvalue weighted by Crippen LogP contribution is -2.18. The van der Waals surface area contributed by atoms with Crippen molar-refractivity contribution >= 4 is 56.2 Å². The number of hydrogen-bond acceptors (Lipinski definition) is 1. The number of halogens is 6. The molecule has 0 spiro atoms. The van der Waals surface area contributed by atoms with Crippen molar-refractivity contribution in [3.63, 3.8) is 0 Å². The highest BCUT2D eigenvalue weighted by Gasteiger charge is 2.20.